The molecule has 2 heterocycles. The summed E-state index contributed by atoms with van der Waals surface area (Å²) in [5.41, 5.74) is 4.68. The van der Waals surface area contributed by atoms with Crippen LogP contribution in [0, 0.1) is 13.8 Å². The van der Waals surface area contributed by atoms with Gasteiger partial charge in [0.1, 0.15) is 23.0 Å². The number of benzene rings is 2. The average Bonchev–Trinajstić information content (AvgIpc) is 3.27. The van der Waals surface area contributed by atoms with Crippen molar-refractivity contribution >= 4 is 0 Å². The molecule has 0 spiro atoms. The maximum Gasteiger partial charge on any atom is 0.134 e. The van der Waals surface area contributed by atoms with E-state index in [4.69, 9.17) is 8.83 Å². The number of furan rings is 2. The minimum absolute atomic E-state index is 0.651. The summed E-state index contributed by atoms with van der Waals surface area (Å²) in [6.07, 6.45) is 0.651. The topological polar surface area (TPSA) is 26.3 Å². The highest BCUT2D eigenvalue weighted by atomic mass is 16.4. The molecule has 2 heteroatoms. The second-order valence-electron chi connectivity index (χ2n) is 6.44. The van der Waals surface area contributed by atoms with Crippen LogP contribution in [0.1, 0.15) is 22.6 Å². The van der Waals surface area contributed by atoms with Crippen molar-refractivity contribution in [1.82, 2.24) is 0 Å². The molecule has 0 radical (unpaired) electrons. The van der Waals surface area contributed by atoms with Crippen molar-refractivity contribution < 1.29 is 8.83 Å². The van der Waals surface area contributed by atoms with E-state index in [0.717, 1.165) is 34.2 Å². The molecule has 0 fully saturated rings. The third kappa shape index (κ3) is 3.43. The van der Waals surface area contributed by atoms with Gasteiger partial charge in [-0.15, -0.1) is 0 Å². The molecule has 0 aliphatic carbocycles. The van der Waals surface area contributed by atoms with Crippen molar-refractivity contribution in [3.63, 3.8) is 0 Å². The van der Waals surface area contributed by atoms with Crippen molar-refractivity contribution in [2.45, 2.75) is 20.3 Å². The first-order valence-corrected chi connectivity index (χ1v) is 8.49. The summed E-state index contributed by atoms with van der Waals surface area (Å²) in [4.78, 5) is 0. The Kier molecular flexibility index (Phi) is 4.02. The lowest BCUT2D eigenvalue weighted by Crippen LogP contribution is -1.81. The second kappa shape index (κ2) is 6.48. The van der Waals surface area contributed by atoms with E-state index in [1.165, 1.54) is 11.1 Å². The molecule has 25 heavy (non-hydrogen) atoms. The van der Waals surface area contributed by atoms with Crippen LogP contribution in [0.3, 0.4) is 0 Å². The van der Waals surface area contributed by atoms with Crippen LogP contribution in [0.15, 0.2) is 81.6 Å². The summed E-state index contributed by atoms with van der Waals surface area (Å²) in [5, 5.41) is 0. The van der Waals surface area contributed by atoms with Crippen LogP contribution >= 0.6 is 0 Å². The van der Waals surface area contributed by atoms with Gasteiger partial charge in [-0.25, -0.2) is 0 Å². The SMILES string of the molecule is Cc1ccc(-c2ccc(Cc3ccc(-c4ccc(C)cc4)o3)o2)cc1. The Hall–Kier alpha value is -3.00. The van der Waals surface area contributed by atoms with E-state index < -0.39 is 0 Å². The zero-order valence-corrected chi connectivity index (χ0v) is 14.5. The van der Waals surface area contributed by atoms with Crippen LogP contribution in [0.4, 0.5) is 0 Å². The molecule has 2 nitrogen and oxygen atoms in total. The molecule has 0 unspecified atom stereocenters. The normalized spacial score (nSPS) is 11.0. The molecule has 4 rings (SSSR count). The van der Waals surface area contributed by atoms with Gasteiger partial charge in [0, 0.05) is 11.1 Å². The van der Waals surface area contributed by atoms with Gasteiger partial charge in [0.15, 0.2) is 0 Å². The number of hydrogen-bond donors (Lipinski definition) is 0. The monoisotopic (exact) mass is 328 g/mol. The Morgan fingerprint density at radius 1 is 0.520 bits per heavy atom. The molecule has 124 valence electrons. The molecule has 0 saturated carbocycles. The molecule has 0 amide bonds. The van der Waals surface area contributed by atoms with Crippen molar-refractivity contribution in [2.75, 3.05) is 0 Å². The Balaban J connectivity index is 1.51. The maximum atomic E-state index is 5.98. The fourth-order valence-electron chi connectivity index (χ4n) is 2.86. The van der Waals surface area contributed by atoms with Gasteiger partial charge in [-0.05, 0) is 38.1 Å². The largest absolute Gasteiger partial charge is 0.461 e. The summed E-state index contributed by atoms with van der Waals surface area (Å²) < 4.78 is 12.0. The summed E-state index contributed by atoms with van der Waals surface area (Å²) in [5.74, 6) is 3.58. The Bertz CT molecular complexity index is 888. The Morgan fingerprint density at radius 2 is 0.920 bits per heavy atom. The van der Waals surface area contributed by atoms with Gasteiger partial charge in [-0.2, -0.15) is 0 Å². The Morgan fingerprint density at radius 3 is 1.32 bits per heavy atom. The van der Waals surface area contributed by atoms with E-state index in [0.29, 0.717) is 6.42 Å². The van der Waals surface area contributed by atoms with Gasteiger partial charge < -0.3 is 8.83 Å². The van der Waals surface area contributed by atoms with Crippen LogP contribution in [-0.2, 0) is 6.42 Å². The number of rotatable bonds is 4. The number of aryl methyl sites for hydroxylation is 2. The summed E-state index contributed by atoms with van der Waals surface area (Å²) in [7, 11) is 0. The lowest BCUT2D eigenvalue weighted by Gasteiger charge is -1.99. The first-order valence-electron chi connectivity index (χ1n) is 8.49. The molecule has 4 aromatic rings. The van der Waals surface area contributed by atoms with Gasteiger partial charge in [-0.3, -0.25) is 0 Å². The molecular formula is C23H20O2. The van der Waals surface area contributed by atoms with Crippen LogP contribution < -0.4 is 0 Å². The lowest BCUT2D eigenvalue weighted by molar-refractivity contribution is 0.487. The zero-order valence-electron chi connectivity index (χ0n) is 14.5. The summed E-state index contributed by atoms with van der Waals surface area (Å²) in [6.45, 7) is 4.17. The maximum absolute atomic E-state index is 5.98. The van der Waals surface area contributed by atoms with Gasteiger partial charge in [0.05, 0.1) is 6.42 Å². The molecule has 2 aromatic heterocycles. The average molecular weight is 328 g/mol. The van der Waals surface area contributed by atoms with Gasteiger partial charge in [-0.1, -0.05) is 59.7 Å². The molecule has 0 saturated heterocycles. The second-order valence-corrected chi connectivity index (χ2v) is 6.44. The van der Waals surface area contributed by atoms with Crippen LogP contribution in [0.2, 0.25) is 0 Å². The molecule has 0 N–H and O–H groups in total. The molecule has 0 aliphatic rings. The quantitative estimate of drug-likeness (QED) is 0.432. The third-order valence-electron chi connectivity index (χ3n) is 4.34. The van der Waals surface area contributed by atoms with Crippen molar-refractivity contribution in [3.05, 3.63) is 95.4 Å². The zero-order chi connectivity index (χ0) is 17.2. The Labute approximate surface area is 147 Å². The molecule has 0 atom stereocenters. The first kappa shape index (κ1) is 15.5. The third-order valence-corrected chi connectivity index (χ3v) is 4.34. The first-order chi connectivity index (χ1) is 12.2. The van der Waals surface area contributed by atoms with Crippen molar-refractivity contribution in [3.8, 4) is 22.6 Å². The van der Waals surface area contributed by atoms with E-state index in [9.17, 15) is 0 Å². The molecule has 2 aromatic carbocycles. The van der Waals surface area contributed by atoms with E-state index in [1.54, 1.807) is 0 Å². The van der Waals surface area contributed by atoms with Gasteiger partial charge >= 0.3 is 0 Å². The summed E-state index contributed by atoms with van der Waals surface area (Å²) >= 11 is 0. The molecule has 0 aliphatic heterocycles. The van der Waals surface area contributed by atoms with Gasteiger partial charge in [0.2, 0.25) is 0 Å². The highest BCUT2D eigenvalue weighted by molar-refractivity contribution is 5.59. The van der Waals surface area contributed by atoms with Gasteiger partial charge in [0.25, 0.3) is 0 Å². The van der Waals surface area contributed by atoms with Crippen LogP contribution in [0.25, 0.3) is 22.6 Å². The van der Waals surface area contributed by atoms with E-state index in [1.807, 2.05) is 24.3 Å². The predicted octanol–water partition coefficient (Wildman–Crippen LogP) is 6.41. The molecular weight excluding hydrogens is 308 g/mol. The van der Waals surface area contributed by atoms with Crippen LogP contribution in [0.5, 0.6) is 0 Å². The standard InChI is InChI=1S/C23H20O2/c1-16-3-7-18(8-4-16)22-13-11-20(24-22)15-21-12-14-23(25-21)19-9-5-17(2)6-10-19/h3-14H,15H2,1-2H3. The predicted molar refractivity (Wildman–Crippen MR) is 101 cm³/mol. The highest BCUT2D eigenvalue weighted by Gasteiger charge is 2.09. The minimum Gasteiger partial charge on any atom is -0.461 e. The highest BCUT2D eigenvalue weighted by Crippen LogP contribution is 2.27. The van der Waals surface area contributed by atoms with E-state index >= 15 is 0 Å². The lowest BCUT2D eigenvalue weighted by atomic mass is 10.1. The minimum atomic E-state index is 0.651. The smallest absolute Gasteiger partial charge is 0.134 e. The fraction of sp³-hybridized carbons (Fsp3) is 0.130. The fourth-order valence-corrected chi connectivity index (χ4v) is 2.86. The van der Waals surface area contributed by atoms with Crippen LogP contribution in [-0.4, -0.2) is 0 Å². The van der Waals surface area contributed by atoms with Crippen molar-refractivity contribution in [2.24, 2.45) is 0 Å². The number of hydrogen-bond acceptors (Lipinski definition) is 2. The summed E-state index contributed by atoms with van der Waals surface area (Å²) in [6, 6.07) is 24.8. The van der Waals surface area contributed by atoms with E-state index in [-0.39, 0.29) is 0 Å². The van der Waals surface area contributed by atoms with Crippen molar-refractivity contribution in [1.29, 1.82) is 0 Å². The van der Waals surface area contributed by atoms with E-state index in [2.05, 4.69) is 62.4 Å². The molecule has 0 bridgehead atoms.